The van der Waals surface area contributed by atoms with Gasteiger partial charge in [-0.1, -0.05) is 58.2 Å². The minimum absolute atomic E-state index is 0.0929. The van der Waals surface area contributed by atoms with Gasteiger partial charge in [0, 0.05) is 5.92 Å². The third kappa shape index (κ3) is 4.18. The Morgan fingerprint density at radius 1 is 1.14 bits per heavy atom. The molecule has 4 heteroatoms. The lowest BCUT2D eigenvalue weighted by atomic mass is 9.68. The maximum atomic E-state index is 12.7. The topological polar surface area (TPSA) is 55.1 Å². The number of hydrogen-bond acceptors (Lipinski definition) is 2. The van der Waals surface area contributed by atoms with Crippen LogP contribution in [-0.2, 0) is 4.79 Å². The second-order valence-corrected chi connectivity index (χ2v) is 8.05. The van der Waals surface area contributed by atoms with Crippen LogP contribution in [0.2, 0.25) is 0 Å². The van der Waals surface area contributed by atoms with Crippen molar-refractivity contribution < 1.29 is 4.79 Å². The van der Waals surface area contributed by atoms with Crippen LogP contribution in [0.25, 0.3) is 0 Å². The van der Waals surface area contributed by atoms with E-state index in [2.05, 4.69) is 19.2 Å². The lowest BCUT2D eigenvalue weighted by Gasteiger charge is -2.39. The van der Waals surface area contributed by atoms with E-state index in [-0.39, 0.29) is 23.3 Å². The fourth-order valence-corrected chi connectivity index (χ4v) is 4.37. The SMILES string of the molecule is CC1(C)CCCCC1C(=O)NC(C(N)=S)C1CCCCC1. The molecule has 0 aromatic heterocycles. The Labute approximate surface area is 134 Å². The predicted octanol–water partition coefficient (Wildman–Crippen LogP) is 3.55. The molecular weight excluding hydrogens is 280 g/mol. The number of thiocarbonyl (C=S) groups is 1. The number of nitrogens with two attached hydrogens (primary N) is 1. The van der Waals surface area contributed by atoms with Crippen molar-refractivity contribution in [3.63, 3.8) is 0 Å². The first-order chi connectivity index (χ1) is 9.92. The first-order valence-electron chi connectivity index (χ1n) is 8.51. The van der Waals surface area contributed by atoms with Crippen LogP contribution in [0.3, 0.4) is 0 Å². The van der Waals surface area contributed by atoms with E-state index in [0.717, 1.165) is 32.1 Å². The van der Waals surface area contributed by atoms with E-state index in [1.54, 1.807) is 0 Å². The Kier molecular flexibility index (Phi) is 5.64. The van der Waals surface area contributed by atoms with Crippen LogP contribution < -0.4 is 11.1 Å². The second kappa shape index (κ2) is 7.08. The Morgan fingerprint density at radius 2 is 1.76 bits per heavy atom. The van der Waals surface area contributed by atoms with Crippen molar-refractivity contribution in [1.29, 1.82) is 0 Å². The molecule has 0 bridgehead atoms. The van der Waals surface area contributed by atoms with Gasteiger partial charge in [0.2, 0.25) is 5.91 Å². The van der Waals surface area contributed by atoms with Gasteiger partial charge in [-0.25, -0.2) is 0 Å². The molecule has 1 amide bonds. The molecule has 0 aromatic carbocycles. The Balaban J connectivity index is 2.02. The van der Waals surface area contributed by atoms with Crippen molar-refractivity contribution in [2.75, 3.05) is 0 Å². The standard InChI is InChI=1S/C17H30N2OS/c1-17(2)11-7-6-10-13(17)16(20)19-14(15(18)21)12-8-4-3-5-9-12/h12-14H,3-11H2,1-2H3,(H2,18,21)(H,19,20). The van der Waals surface area contributed by atoms with Crippen molar-refractivity contribution in [2.24, 2.45) is 23.0 Å². The average Bonchev–Trinajstić information content (AvgIpc) is 2.44. The van der Waals surface area contributed by atoms with Gasteiger partial charge in [0.05, 0.1) is 11.0 Å². The summed E-state index contributed by atoms with van der Waals surface area (Å²) in [6, 6.07) is -0.106. The summed E-state index contributed by atoms with van der Waals surface area (Å²) in [5.41, 5.74) is 6.02. The summed E-state index contributed by atoms with van der Waals surface area (Å²) < 4.78 is 0. The summed E-state index contributed by atoms with van der Waals surface area (Å²) in [6.45, 7) is 4.43. The van der Waals surface area contributed by atoms with Crippen molar-refractivity contribution in [1.82, 2.24) is 5.32 Å². The molecule has 2 atom stereocenters. The molecule has 0 heterocycles. The fourth-order valence-electron chi connectivity index (χ4n) is 4.12. The van der Waals surface area contributed by atoms with E-state index in [0.29, 0.717) is 10.9 Å². The van der Waals surface area contributed by atoms with E-state index in [1.807, 2.05) is 0 Å². The second-order valence-electron chi connectivity index (χ2n) is 7.57. The van der Waals surface area contributed by atoms with Crippen molar-refractivity contribution in [3.05, 3.63) is 0 Å². The zero-order valence-corrected chi connectivity index (χ0v) is 14.3. The highest BCUT2D eigenvalue weighted by molar-refractivity contribution is 7.80. The first-order valence-corrected chi connectivity index (χ1v) is 8.92. The molecule has 2 fully saturated rings. The van der Waals surface area contributed by atoms with Gasteiger partial charge in [0.25, 0.3) is 0 Å². The van der Waals surface area contributed by atoms with Crippen LogP contribution >= 0.6 is 12.2 Å². The lowest BCUT2D eigenvalue weighted by molar-refractivity contribution is -0.130. The van der Waals surface area contributed by atoms with Crippen molar-refractivity contribution in [3.8, 4) is 0 Å². The molecular formula is C17H30N2OS. The number of nitrogens with one attached hydrogen (secondary N) is 1. The minimum atomic E-state index is -0.106. The molecule has 2 aliphatic carbocycles. The Hall–Kier alpha value is -0.640. The molecule has 2 aliphatic rings. The molecule has 2 rings (SSSR count). The van der Waals surface area contributed by atoms with E-state index >= 15 is 0 Å². The number of carbonyl (C=O) groups is 1. The van der Waals surface area contributed by atoms with Gasteiger partial charge in [-0.05, 0) is 37.0 Å². The number of hydrogen-bond donors (Lipinski definition) is 2. The van der Waals surface area contributed by atoms with Crippen LogP contribution in [0.1, 0.15) is 71.6 Å². The summed E-state index contributed by atoms with van der Waals surface area (Å²) in [5, 5.41) is 3.21. The molecule has 2 unspecified atom stereocenters. The minimum Gasteiger partial charge on any atom is -0.392 e. The summed E-state index contributed by atoms with van der Waals surface area (Å²) in [5.74, 6) is 0.710. The van der Waals surface area contributed by atoms with Gasteiger partial charge in [0.1, 0.15) is 0 Å². The van der Waals surface area contributed by atoms with Gasteiger partial charge in [-0.2, -0.15) is 0 Å². The van der Waals surface area contributed by atoms with Gasteiger partial charge >= 0.3 is 0 Å². The van der Waals surface area contributed by atoms with E-state index in [4.69, 9.17) is 18.0 Å². The molecule has 3 N–H and O–H groups in total. The molecule has 2 saturated carbocycles. The molecule has 0 saturated heterocycles. The summed E-state index contributed by atoms with van der Waals surface area (Å²) in [4.78, 5) is 13.2. The first kappa shape index (κ1) is 16.7. The fraction of sp³-hybridized carbons (Fsp3) is 0.882. The molecule has 21 heavy (non-hydrogen) atoms. The predicted molar refractivity (Wildman–Crippen MR) is 91.0 cm³/mol. The summed E-state index contributed by atoms with van der Waals surface area (Å²) in [6.07, 6.45) is 10.5. The van der Waals surface area contributed by atoms with Crippen molar-refractivity contribution in [2.45, 2.75) is 77.7 Å². The number of amides is 1. The van der Waals surface area contributed by atoms with E-state index in [1.165, 1.54) is 25.7 Å². The zero-order chi connectivity index (χ0) is 15.5. The van der Waals surface area contributed by atoms with Crippen LogP contribution in [0, 0.1) is 17.3 Å². The Morgan fingerprint density at radius 3 is 2.33 bits per heavy atom. The summed E-state index contributed by atoms with van der Waals surface area (Å²) >= 11 is 5.24. The third-order valence-electron chi connectivity index (χ3n) is 5.55. The van der Waals surface area contributed by atoms with Gasteiger partial charge in [-0.15, -0.1) is 0 Å². The van der Waals surface area contributed by atoms with Crippen molar-refractivity contribution >= 4 is 23.1 Å². The van der Waals surface area contributed by atoms with Gasteiger partial charge in [-0.3, -0.25) is 4.79 Å². The van der Waals surface area contributed by atoms with Gasteiger partial charge in [0.15, 0.2) is 0 Å². The average molecular weight is 311 g/mol. The molecule has 3 nitrogen and oxygen atoms in total. The zero-order valence-electron chi connectivity index (χ0n) is 13.5. The highest BCUT2D eigenvalue weighted by Gasteiger charge is 2.39. The third-order valence-corrected chi connectivity index (χ3v) is 5.80. The quantitative estimate of drug-likeness (QED) is 0.781. The molecule has 0 aliphatic heterocycles. The largest absolute Gasteiger partial charge is 0.392 e. The van der Waals surface area contributed by atoms with Crippen LogP contribution in [0.5, 0.6) is 0 Å². The van der Waals surface area contributed by atoms with Crippen LogP contribution in [0.4, 0.5) is 0 Å². The van der Waals surface area contributed by atoms with Crippen LogP contribution in [-0.4, -0.2) is 16.9 Å². The maximum Gasteiger partial charge on any atom is 0.224 e. The Bertz CT molecular complexity index is 388. The monoisotopic (exact) mass is 310 g/mol. The smallest absolute Gasteiger partial charge is 0.224 e. The maximum absolute atomic E-state index is 12.7. The van der Waals surface area contributed by atoms with Crippen LogP contribution in [0.15, 0.2) is 0 Å². The van der Waals surface area contributed by atoms with E-state index < -0.39 is 0 Å². The highest BCUT2D eigenvalue weighted by Crippen LogP contribution is 2.40. The molecule has 0 spiro atoms. The number of carbonyl (C=O) groups excluding carboxylic acids is 1. The highest BCUT2D eigenvalue weighted by atomic mass is 32.1. The lowest BCUT2D eigenvalue weighted by Crippen LogP contribution is -2.52. The van der Waals surface area contributed by atoms with E-state index in [9.17, 15) is 4.79 Å². The molecule has 0 aromatic rings. The molecule has 120 valence electrons. The summed E-state index contributed by atoms with van der Waals surface area (Å²) in [7, 11) is 0. The molecule has 0 radical (unpaired) electrons. The normalized spacial score (nSPS) is 27.8. The van der Waals surface area contributed by atoms with Gasteiger partial charge < -0.3 is 11.1 Å². The number of rotatable bonds is 4.